The van der Waals surface area contributed by atoms with Crippen LogP contribution < -0.4 is 5.73 Å². The van der Waals surface area contributed by atoms with Crippen LogP contribution in [0.15, 0.2) is 0 Å². The maximum absolute atomic E-state index is 6.25. The standard InChI is InChI=1S/C13H25N3/c1-11-8-15-7-3-2-4-12(15)9-16(11)10-13(14)5-6-13/h11-12H,2-10,14H2,1H3. The molecular formula is C13H25N3. The summed E-state index contributed by atoms with van der Waals surface area (Å²) in [7, 11) is 0. The molecule has 0 bridgehead atoms. The van der Waals surface area contributed by atoms with Crippen molar-refractivity contribution in [2.24, 2.45) is 5.73 Å². The molecule has 3 heteroatoms. The van der Waals surface area contributed by atoms with E-state index in [1.807, 2.05) is 0 Å². The van der Waals surface area contributed by atoms with E-state index in [1.54, 1.807) is 0 Å². The average molecular weight is 223 g/mol. The predicted octanol–water partition coefficient (Wildman–Crippen LogP) is 1.04. The van der Waals surface area contributed by atoms with Crippen molar-refractivity contribution in [3.8, 4) is 0 Å². The highest BCUT2D eigenvalue weighted by Crippen LogP contribution is 2.35. The van der Waals surface area contributed by atoms with Gasteiger partial charge in [0.15, 0.2) is 0 Å². The van der Waals surface area contributed by atoms with E-state index < -0.39 is 0 Å². The van der Waals surface area contributed by atoms with Gasteiger partial charge >= 0.3 is 0 Å². The van der Waals surface area contributed by atoms with Crippen LogP contribution in [0.2, 0.25) is 0 Å². The smallest absolute Gasteiger partial charge is 0.0284 e. The first-order valence-corrected chi connectivity index (χ1v) is 6.93. The van der Waals surface area contributed by atoms with E-state index >= 15 is 0 Å². The quantitative estimate of drug-likeness (QED) is 0.759. The molecule has 0 aromatic carbocycles. The van der Waals surface area contributed by atoms with Crippen LogP contribution in [0.3, 0.4) is 0 Å². The van der Waals surface area contributed by atoms with Crippen LogP contribution in [-0.4, -0.2) is 53.6 Å². The molecule has 0 aromatic heterocycles. The Morgan fingerprint density at radius 1 is 1.25 bits per heavy atom. The highest BCUT2D eigenvalue weighted by molar-refractivity contribution is 5.03. The van der Waals surface area contributed by atoms with E-state index in [4.69, 9.17) is 5.73 Å². The second kappa shape index (κ2) is 3.97. The summed E-state index contributed by atoms with van der Waals surface area (Å²) in [6.07, 6.45) is 6.72. The third kappa shape index (κ3) is 2.13. The van der Waals surface area contributed by atoms with Gasteiger partial charge in [-0.2, -0.15) is 0 Å². The van der Waals surface area contributed by atoms with Gasteiger partial charge in [0.1, 0.15) is 0 Å². The van der Waals surface area contributed by atoms with Gasteiger partial charge in [0.05, 0.1) is 0 Å². The lowest BCUT2D eigenvalue weighted by atomic mass is 9.96. The summed E-state index contributed by atoms with van der Waals surface area (Å²) in [4.78, 5) is 5.36. The molecule has 92 valence electrons. The normalized spacial score (nSPS) is 39.4. The number of rotatable bonds is 2. The Labute approximate surface area is 99.0 Å². The maximum atomic E-state index is 6.25. The molecule has 0 spiro atoms. The zero-order valence-corrected chi connectivity index (χ0v) is 10.5. The molecule has 0 radical (unpaired) electrons. The number of piperazine rings is 1. The van der Waals surface area contributed by atoms with E-state index in [1.165, 1.54) is 51.7 Å². The molecule has 1 aliphatic carbocycles. The van der Waals surface area contributed by atoms with Gasteiger partial charge in [-0.3, -0.25) is 9.80 Å². The Morgan fingerprint density at radius 2 is 2.06 bits per heavy atom. The van der Waals surface area contributed by atoms with Gasteiger partial charge in [0.2, 0.25) is 0 Å². The zero-order valence-electron chi connectivity index (χ0n) is 10.5. The molecular weight excluding hydrogens is 198 g/mol. The SMILES string of the molecule is CC1CN2CCCCC2CN1CC1(N)CC1. The number of nitrogens with zero attached hydrogens (tertiary/aromatic N) is 2. The highest BCUT2D eigenvalue weighted by Gasteiger charge is 2.42. The third-order valence-electron chi connectivity index (χ3n) is 4.73. The fourth-order valence-corrected chi connectivity index (χ4v) is 3.36. The van der Waals surface area contributed by atoms with E-state index in [9.17, 15) is 0 Å². The van der Waals surface area contributed by atoms with Crippen molar-refractivity contribution < 1.29 is 0 Å². The van der Waals surface area contributed by atoms with Crippen molar-refractivity contribution >= 4 is 0 Å². The lowest BCUT2D eigenvalue weighted by Gasteiger charge is -2.48. The molecule has 1 saturated carbocycles. The van der Waals surface area contributed by atoms with Crippen molar-refractivity contribution in [3.63, 3.8) is 0 Å². The third-order valence-corrected chi connectivity index (χ3v) is 4.73. The number of nitrogens with two attached hydrogens (primary N) is 1. The van der Waals surface area contributed by atoms with Crippen molar-refractivity contribution in [2.75, 3.05) is 26.2 Å². The first-order valence-electron chi connectivity index (χ1n) is 6.93. The Bertz CT molecular complexity index is 262. The fourth-order valence-electron chi connectivity index (χ4n) is 3.36. The highest BCUT2D eigenvalue weighted by atomic mass is 15.3. The average Bonchev–Trinajstić information content (AvgIpc) is 2.97. The molecule has 3 aliphatic rings. The van der Waals surface area contributed by atoms with Crippen LogP contribution in [0, 0.1) is 0 Å². The van der Waals surface area contributed by atoms with Crippen LogP contribution in [0.5, 0.6) is 0 Å². The lowest BCUT2D eigenvalue weighted by molar-refractivity contribution is 0.0113. The minimum absolute atomic E-state index is 0.186. The largest absolute Gasteiger partial charge is 0.324 e. The summed E-state index contributed by atoms with van der Waals surface area (Å²) >= 11 is 0. The lowest BCUT2D eigenvalue weighted by Crippen LogP contribution is -2.60. The number of piperidine rings is 1. The summed E-state index contributed by atoms with van der Waals surface area (Å²) in [5, 5.41) is 0. The van der Waals surface area contributed by atoms with Crippen molar-refractivity contribution in [2.45, 2.75) is 56.7 Å². The Hall–Kier alpha value is -0.120. The van der Waals surface area contributed by atoms with Crippen LogP contribution in [-0.2, 0) is 0 Å². The van der Waals surface area contributed by atoms with Gasteiger partial charge in [-0.25, -0.2) is 0 Å². The Morgan fingerprint density at radius 3 is 2.81 bits per heavy atom. The van der Waals surface area contributed by atoms with E-state index in [-0.39, 0.29) is 5.54 Å². The molecule has 2 atom stereocenters. The van der Waals surface area contributed by atoms with Crippen LogP contribution in [0.1, 0.15) is 39.0 Å². The first-order chi connectivity index (χ1) is 7.66. The summed E-state index contributed by atoms with van der Waals surface area (Å²) in [5.41, 5.74) is 6.44. The zero-order chi connectivity index (χ0) is 11.2. The van der Waals surface area contributed by atoms with Crippen LogP contribution >= 0.6 is 0 Å². The van der Waals surface area contributed by atoms with Gasteiger partial charge in [0.25, 0.3) is 0 Å². The first kappa shape index (κ1) is 11.0. The predicted molar refractivity (Wildman–Crippen MR) is 66.4 cm³/mol. The molecule has 2 unspecified atom stereocenters. The van der Waals surface area contributed by atoms with Crippen molar-refractivity contribution in [3.05, 3.63) is 0 Å². The molecule has 2 aliphatic heterocycles. The van der Waals surface area contributed by atoms with Gasteiger partial charge in [-0.15, -0.1) is 0 Å². The molecule has 16 heavy (non-hydrogen) atoms. The molecule has 3 fully saturated rings. The van der Waals surface area contributed by atoms with E-state index in [0.29, 0.717) is 6.04 Å². The number of fused-ring (bicyclic) bond motifs is 1. The van der Waals surface area contributed by atoms with Gasteiger partial charge < -0.3 is 5.73 Å². The minimum Gasteiger partial charge on any atom is -0.324 e. The molecule has 3 rings (SSSR count). The van der Waals surface area contributed by atoms with Crippen LogP contribution in [0.4, 0.5) is 0 Å². The van der Waals surface area contributed by atoms with Gasteiger partial charge in [-0.05, 0) is 39.2 Å². The summed E-state index contributed by atoms with van der Waals surface area (Å²) in [5.74, 6) is 0. The molecule has 0 amide bonds. The van der Waals surface area contributed by atoms with Crippen molar-refractivity contribution in [1.29, 1.82) is 0 Å². The van der Waals surface area contributed by atoms with Gasteiger partial charge in [0, 0.05) is 37.3 Å². The summed E-state index contributed by atoms with van der Waals surface area (Å²) < 4.78 is 0. The number of hydrogen-bond donors (Lipinski definition) is 1. The number of hydrogen-bond acceptors (Lipinski definition) is 3. The molecule has 0 aromatic rings. The fraction of sp³-hybridized carbons (Fsp3) is 1.00. The monoisotopic (exact) mass is 223 g/mol. The molecule has 3 nitrogen and oxygen atoms in total. The van der Waals surface area contributed by atoms with E-state index in [2.05, 4.69) is 16.7 Å². The minimum atomic E-state index is 0.186. The van der Waals surface area contributed by atoms with Crippen molar-refractivity contribution in [1.82, 2.24) is 9.80 Å². The Balaban J connectivity index is 1.62. The topological polar surface area (TPSA) is 32.5 Å². The summed E-state index contributed by atoms with van der Waals surface area (Å²) in [6.45, 7) is 7.37. The second-order valence-electron chi connectivity index (χ2n) is 6.29. The molecule has 2 saturated heterocycles. The van der Waals surface area contributed by atoms with E-state index in [0.717, 1.165) is 12.6 Å². The summed E-state index contributed by atoms with van der Waals surface area (Å²) in [6, 6.07) is 1.53. The molecule has 2 heterocycles. The molecule has 2 N–H and O–H groups in total. The van der Waals surface area contributed by atoms with Gasteiger partial charge in [-0.1, -0.05) is 6.42 Å². The van der Waals surface area contributed by atoms with Crippen LogP contribution in [0.25, 0.3) is 0 Å². The second-order valence-corrected chi connectivity index (χ2v) is 6.29. The maximum Gasteiger partial charge on any atom is 0.0284 e. The Kier molecular flexibility index (Phi) is 2.73.